The van der Waals surface area contributed by atoms with Gasteiger partial charge < -0.3 is 0 Å². The van der Waals surface area contributed by atoms with Gasteiger partial charge in [-0.05, 0) is 49.6 Å². The molecule has 1 saturated carbocycles. The molecule has 2 heterocycles. The van der Waals surface area contributed by atoms with Crippen LogP contribution in [0.2, 0.25) is 0 Å². The quantitative estimate of drug-likeness (QED) is 0.689. The molecular weight excluding hydrogens is 296 g/mol. The minimum atomic E-state index is 0.355. The monoisotopic (exact) mass is 318 g/mol. The van der Waals surface area contributed by atoms with Crippen molar-refractivity contribution < 1.29 is 0 Å². The number of pyridine rings is 1. The van der Waals surface area contributed by atoms with Crippen LogP contribution < -0.4 is 0 Å². The number of nitrogens with zero attached hydrogens (tertiary/aromatic N) is 4. The number of hydrogen-bond donors (Lipinski definition) is 0. The molecule has 0 spiro atoms. The lowest BCUT2D eigenvalue weighted by atomic mass is 10.1. The summed E-state index contributed by atoms with van der Waals surface area (Å²) in [6.45, 7) is 3.14. The van der Waals surface area contributed by atoms with E-state index in [0.717, 1.165) is 17.9 Å². The standard InChI is InChI=1S/C20H22N4/c1-16(17-6-5-12-21-14-17)23(19-9-10-19)15-18-11-13-24(22-18)20-7-3-2-4-8-20/h2-8,11-14,16,19H,9-10,15H2,1H3. The number of para-hydroxylation sites is 1. The molecule has 4 nitrogen and oxygen atoms in total. The summed E-state index contributed by atoms with van der Waals surface area (Å²) in [5.74, 6) is 0. The van der Waals surface area contributed by atoms with Crippen molar-refractivity contribution in [2.75, 3.05) is 0 Å². The molecule has 4 heteroatoms. The van der Waals surface area contributed by atoms with Crippen LogP contribution in [0, 0.1) is 0 Å². The number of benzene rings is 1. The van der Waals surface area contributed by atoms with Crippen molar-refractivity contribution in [3.8, 4) is 5.69 Å². The molecule has 1 aliphatic rings. The Morgan fingerprint density at radius 1 is 1.12 bits per heavy atom. The van der Waals surface area contributed by atoms with Crippen LogP contribution in [0.4, 0.5) is 0 Å². The highest BCUT2D eigenvalue weighted by atomic mass is 15.3. The second-order valence-corrected chi connectivity index (χ2v) is 6.45. The average Bonchev–Trinajstić information content (AvgIpc) is 3.38. The number of rotatable bonds is 6. The van der Waals surface area contributed by atoms with Crippen LogP contribution in [0.25, 0.3) is 5.69 Å². The predicted molar refractivity (Wildman–Crippen MR) is 94.8 cm³/mol. The molecule has 0 amide bonds. The zero-order chi connectivity index (χ0) is 16.4. The molecule has 24 heavy (non-hydrogen) atoms. The first-order valence-electron chi connectivity index (χ1n) is 8.57. The molecule has 0 bridgehead atoms. The van der Waals surface area contributed by atoms with Crippen molar-refractivity contribution in [2.24, 2.45) is 0 Å². The Morgan fingerprint density at radius 3 is 2.67 bits per heavy atom. The zero-order valence-corrected chi connectivity index (χ0v) is 13.9. The molecule has 4 rings (SSSR count). The highest BCUT2D eigenvalue weighted by Crippen LogP contribution is 2.35. The molecule has 0 aliphatic heterocycles. The van der Waals surface area contributed by atoms with Crippen molar-refractivity contribution in [3.63, 3.8) is 0 Å². The Bertz CT molecular complexity index is 778. The fourth-order valence-electron chi connectivity index (χ4n) is 3.16. The van der Waals surface area contributed by atoms with Gasteiger partial charge in [-0.25, -0.2) is 4.68 Å². The highest BCUT2D eigenvalue weighted by Gasteiger charge is 2.33. The van der Waals surface area contributed by atoms with Crippen molar-refractivity contribution in [1.29, 1.82) is 0 Å². The lowest BCUT2D eigenvalue weighted by Gasteiger charge is -2.28. The third kappa shape index (κ3) is 3.24. The van der Waals surface area contributed by atoms with Gasteiger partial charge in [-0.2, -0.15) is 5.10 Å². The van der Waals surface area contributed by atoms with E-state index in [4.69, 9.17) is 5.10 Å². The fraction of sp³-hybridized carbons (Fsp3) is 0.300. The molecule has 0 N–H and O–H groups in total. The Kier molecular flexibility index (Phi) is 4.13. The smallest absolute Gasteiger partial charge is 0.0769 e. The van der Waals surface area contributed by atoms with Gasteiger partial charge in [-0.15, -0.1) is 0 Å². The second kappa shape index (κ2) is 6.57. The van der Waals surface area contributed by atoms with E-state index in [9.17, 15) is 0 Å². The first kappa shape index (κ1) is 15.1. The molecule has 2 aromatic heterocycles. The SMILES string of the molecule is CC(c1cccnc1)N(Cc1ccn(-c2ccccc2)n1)C1CC1. The van der Waals surface area contributed by atoms with Gasteiger partial charge in [0.2, 0.25) is 0 Å². The van der Waals surface area contributed by atoms with E-state index in [0.29, 0.717) is 12.1 Å². The first-order chi connectivity index (χ1) is 11.8. The van der Waals surface area contributed by atoms with Crippen LogP contribution in [-0.2, 0) is 6.54 Å². The summed E-state index contributed by atoms with van der Waals surface area (Å²) in [6, 6.07) is 17.6. The van der Waals surface area contributed by atoms with Crippen molar-refractivity contribution in [2.45, 2.75) is 38.4 Å². The maximum atomic E-state index is 4.77. The minimum absolute atomic E-state index is 0.355. The third-order valence-corrected chi connectivity index (χ3v) is 4.69. The van der Waals surface area contributed by atoms with Crippen LogP contribution in [-0.4, -0.2) is 25.7 Å². The molecule has 1 fully saturated rings. The van der Waals surface area contributed by atoms with Gasteiger partial charge in [0.05, 0.1) is 11.4 Å². The highest BCUT2D eigenvalue weighted by molar-refractivity contribution is 5.30. The van der Waals surface area contributed by atoms with E-state index in [1.807, 2.05) is 47.5 Å². The van der Waals surface area contributed by atoms with Gasteiger partial charge in [0.15, 0.2) is 0 Å². The summed E-state index contributed by atoms with van der Waals surface area (Å²) in [7, 11) is 0. The van der Waals surface area contributed by atoms with E-state index in [1.54, 1.807) is 0 Å². The third-order valence-electron chi connectivity index (χ3n) is 4.69. The molecule has 1 aliphatic carbocycles. The van der Waals surface area contributed by atoms with Crippen LogP contribution in [0.15, 0.2) is 67.1 Å². The van der Waals surface area contributed by atoms with Crippen molar-refractivity contribution in [3.05, 3.63) is 78.4 Å². The van der Waals surface area contributed by atoms with E-state index in [-0.39, 0.29) is 0 Å². The van der Waals surface area contributed by atoms with E-state index in [2.05, 4.69) is 41.1 Å². The Morgan fingerprint density at radius 2 is 1.96 bits per heavy atom. The maximum absolute atomic E-state index is 4.77. The Labute approximate surface area is 142 Å². The molecule has 1 atom stereocenters. The van der Waals surface area contributed by atoms with E-state index < -0.39 is 0 Å². The van der Waals surface area contributed by atoms with Crippen LogP contribution in [0.5, 0.6) is 0 Å². The van der Waals surface area contributed by atoms with Crippen LogP contribution >= 0.6 is 0 Å². The fourth-order valence-corrected chi connectivity index (χ4v) is 3.16. The van der Waals surface area contributed by atoms with Gasteiger partial charge in [-0.1, -0.05) is 24.3 Å². The summed E-state index contributed by atoms with van der Waals surface area (Å²) in [5, 5.41) is 4.77. The van der Waals surface area contributed by atoms with E-state index in [1.165, 1.54) is 18.4 Å². The average molecular weight is 318 g/mol. The van der Waals surface area contributed by atoms with Gasteiger partial charge >= 0.3 is 0 Å². The van der Waals surface area contributed by atoms with Gasteiger partial charge in [0.1, 0.15) is 0 Å². The van der Waals surface area contributed by atoms with Gasteiger partial charge in [0, 0.05) is 37.2 Å². The summed E-state index contributed by atoms with van der Waals surface area (Å²) in [5.41, 5.74) is 3.48. The van der Waals surface area contributed by atoms with Gasteiger partial charge in [0.25, 0.3) is 0 Å². The predicted octanol–water partition coefficient (Wildman–Crippen LogP) is 3.99. The molecule has 122 valence electrons. The molecule has 1 unspecified atom stereocenters. The number of hydrogen-bond acceptors (Lipinski definition) is 3. The van der Waals surface area contributed by atoms with Gasteiger partial charge in [-0.3, -0.25) is 9.88 Å². The topological polar surface area (TPSA) is 34.0 Å². The van der Waals surface area contributed by atoms with Crippen LogP contribution in [0.1, 0.15) is 37.1 Å². The molecular formula is C20H22N4. The van der Waals surface area contributed by atoms with Crippen molar-refractivity contribution in [1.82, 2.24) is 19.7 Å². The largest absolute Gasteiger partial charge is 0.288 e. The maximum Gasteiger partial charge on any atom is 0.0769 e. The Balaban J connectivity index is 1.53. The number of aromatic nitrogens is 3. The molecule has 3 aromatic rings. The summed E-state index contributed by atoms with van der Waals surface area (Å²) >= 11 is 0. The lowest BCUT2D eigenvalue weighted by Crippen LogP contribution is -2.29. The minimum Gasteiger partial charge on any atom is -0.288 e. The van der Waals surface area contributed by atoms with E-state index >= 15 is 0 Å². The lowest BCUT2D eigenvalue weighted by molar-refractivity contribution is 0.187. The summed E-state index contributed by atoms with van der Waals surface area (Å²) < 4.78 is 1.95. The van der Waals surface area contributed by atoms with Crippen molar-refractivity contribution >= 4 is 0 Å². The molecule has 1 aromatic carbocycles. The van der Waals surface area contributed by atoms with Crippen LogP contribution in [0.3, 0.4) is 0 Å². The molecule has 0 saturated heterocycles. The first-order valence-corrected chi connectivity index (χ1v) is 8.57. The summed E-state index contributed by atoms with van der Waals surface area (Å²) in [4.78, 5) is 6.82. The molecule has 0 radical (unpaired) electrons. The second-order valence-electron chi connectivity index (χ2n) is 6.45. The Hall–Kier alpha value is -2.46. The normalized spacial score (nSPS) is 15.6. The summed E-state index contributed by atoms with van der Waals surface area (Å²) in [6.07, 6.45) is 8.42. The zero-order valence-electron chi connectivity index (χ0n) is 13.9.